The van der Waals surface area contributed by atoms with Crippen molar-refractivity contribution < 1.29 is 14.7 Å². The van der Waals surface area contributed by atoms with Crippen LogP contribution in [0.2, 0.25) is 0 Å². The molecule has 96 valence electrons. The smallest absolute Gasteiger partial charge is 0.303 e. The van der Waals surface area contributed by atoms with Gasteiger partial charge in [-0.2, -0.15) is 0 Å². The molecule has 1 N–H and O–H groups in total. The fourth-order valence-electron chi connectivity index (χ4n) is 3.20. The van der Waals surface area contributed by atoms with Gasteiger partial charge in [0.1, 0.15) is 0 Å². The van der Waals surface area contributed by atoms with Crippen molar-refractivity contribution in [2.45, 2.75) is 42.9 Å². The van der Waals surface area contributed by atoms with Crippen molar-refractivity contribution in [3.63, 3.8) is 0 Å². The number of unbranched alkanes of at least 4 members (excludes halogenated alkanes) is 1. The summed E-state index contributed by atoms with van der Waals surface area (Å²) in [5, 5.41) is 8.53. The van der Waals surface area contributed by atoms with Crippen molar-refractivity contribution in [2.75, 3.05) is 0 Å². The number of fused-ring (bicyclic) bond motifs is 1. The third-order valence-electron chi connectivity index (χ3n) is 4.10. The first-order chi connectivity index (χ1) is 7.94. The van der Waals surface area contributed by atoms with Crippen molar-refractivity contribution in [2.24, 2.45) is 17.8 Å². The molecule has 0 aliphatic heterocycles. The highest BCUT2D eigenvalue weighted by Gasteiger charge is 2.64. The molecule has 0 bridgehead atoms. The van der Waals surface area contributed by atoms with Gasteiger partial charge in [0.05, 0.1) is 0 Å². The average Bonchev–Trinajstić information content (AvgIpc) is 2.65. The summed E-state index contributed by atoms with van der Waals surface area (Å²) in [4.78, 5) is 22.1. The molecular formula is C12H16Cl2O3. The number of alkyl halides is 2. The van der Waals surface area contributed by atoms with E-state index in [1.165, 1.54) is 0 Å². The summed E-state index contributed by atoms with van der Waals surface area (Å²) in [6.45, 7) is 0. The van der Waals surface area contributed by atoms with Gasteiger partial charge in [-0.25, -0.2) is 0 Å². The van der Waals surface area contributed by atoms with Crippen LogP contribution in [0.15, 0.2) is 0 Å². The number of ketones is 1. The second-order valence-electron chi connectivity index (χ2n) is 5.10. The van der Waals surface area contributed by atoms with E-state index in [9.17, 15) is 9.59 Å². The molecule has 2 saturated carbocycles. The van der Waals surface area contributed by atoms with Crippen molar-refractivity contribution in [3.8, 4) is 0 Å². The lowest BCUT2D eigenvalue weighted by Gasteiger charge is -2.43. The van der Waals surface area contributed by atoms with Crippen LogP contribution in [-0.2, 0) is 9.59 Å². The van der Waals surface area contributed by atoms with Gasteiger partial charge in [-0.05, 0) is 31.6 Å². The van der Waals surface area contributed by atoms with Crippen LogP contribution in [0.3, 0.4) is 0 Å². The number of carboxylic acids is 1. The molecule has 0 amide bonds. The molecule has 2 rings (SSSR count). The minimum atomic E-state index is -1.14. The van der Waals surface area contributed by atoms with Crippen LogP contribution in [0.1, 0.15) is 38.5 Å². The predicted octanol–water partition coefficient (Wildman–Crippen LogP) is 3.03. The van der Waals surface area contributed by atoms with Crippen LogP contribution in [0, 0.1) is 17.8 Å². The molecule has 3 atom stereocenters. The van der Waals surface area contributed by atoms with Crippen LogP contribution in [0.25, 0.3) is 0 Å². The Morgan fingerprint density at radius 1 is 1.35 bits per heavy atom. The number of halogens is 2. The molecule has 0 saturated heterocycles. The summed E-state index contributed by atoms with van der Waals surface area (Å²) in [6, 6.07) is 0. The standard InChI is InChI=1S/C12H16Cl2O3/c13-12(14)8-6-5-7(10(8)11(12)17)3-1-2-4-9(15)16/h7-8,10H,1-6H2,(H,15,16). The summed E-state index contributed by atoms with van der Waals surface area (Å²) < 4.78 is -1.14. The van der Waals surface area contributed by atoms with E-state index in [2.05, 4.69) is 0 Å². The summed E-state index contributed by atoms with van der Waals surface area (Å²) in [6.07, 6.45) is 4.60. The van der Waals surface area contributed by atoms with Gasteiger partial charge in [0.25, 0.3) is 0 Å². The minimum absolute atomic E-state index is 0.0217. The van der Waals surface area contributed by atoms with Gasteiger partial charge in [0, 0.05) is 18.3 Å². The maximum atomic E-state index is 11.8. The highest BCUT2D eigenvalue weighted by molar-refractivity contribution is 6.60. The molecule has 0 aromatic heterocycles. The highest BCUT2D eigenvalue weighted by Crippen LogP contribution is 2.59. The highest BCUT2D eigenvalue weighted by atomic mass is 35.5. The SMILES string of the molecule is O=C(O)CCCCC1CCC2C1C(=O)C2(Cl)Cl. The number of rotatable bonds is 5. The number of carboxylic acid groups (broad SMARTS) is 1. The Hall–Kier alpha value is -0.280. The molecule has 5 heteroatoms. The van der Waals surface area contributed by atoms with E-state index in [1.807, 2.05) is 0 Å². The monoisotopic (exact) mass is 278 g/mol. The predicted molar refractivity (Wildman–Crippen MR) is 65.3 cm³/mol. The van der Waals surface area contributed by atoms with E-state index < -0.39 is 10.3 Å². The zero-order valence-corrected chi connectivity index (χ0v) is 11.0. The Balaban J connectivity index is 1.78. The maximum Gasteiger partial charge on any atom is 0.303 e. The summed E-state index contributed by atoms with van der Waals surface area (Å²) >= 11 is 11.9. The molecule has 3 unspecified atom stereocenters. The molecule has 0 radical (unpaired) electrons. The Labute approximate surface area is 110 Å². The Morgan fingerprint density at radius 2 is 2.06 bits per heavy atom. The molecule has 0 heterocycles. The zero-order chi connectivity index (χ0) is 12.6. The first-order valence-corrected chi connectivity index (χ1v) is 6.84. The number of hydrogen-bond acceptors (Lipinski definition) is 2. The van der Waals surface area contributed by atoms with Crippen LogP contribution in [-0.4, -0.2) is 21.2 Å². The molecule has 2 fully saturated rings. The Kier molecular flexibility index (Phi) is 3.69. The fourth-order valence-corrected chi connectivity index (χ4v) is 3.94. The van der Waals surface area contributed by atoms with Crippen molar-refractivity contribution in [1.29, 1.82) is 0 Å². The Bertz CT molecular complexity index is 341. The van der Waals surface area contributed by atoms with Crippen LogP contribution >= 0.6 is 23.2 Å². The Morgan fingerprint density at radius 3 is 2.71 bits per heavy atom. The third kappa shape index (κ3) is 2.32. The maximum absolute atomic E-state index is 11.8. The normalized spacial score (nSPS) is 34.2. The third-order valence-corrected chi connectivity index (χ3v) is 5.04. The molecule has 0 aromatic carbocycles. The van der Waals surface area contributed by atoms with E-state index in [-0.39, 0.29) is 24.0 Å². The lowest BCUT2D eigenvalue weighted by molar-refractivity contribution is -0.138. The van der Waals surface area contributed by atoms with Crippen LogP contribution < -0.4 is 0 Å². The van der Waals surface area contributed by atoms with Gasteiger partial charge in [0.15, 0.2) is 10.1 Å². The second-order valence-corrected chi connectivity index (χ2v) is 6.48. The number of aliphatic carboxylic acids is 1. The topological polar surface area (TPSA) is 54.4 Å². The summed E-state index contributed by atoms with van der Waals surface area (Å²) in [5.41, 5.74) is 0. The summed E-state index contributed by atoms with van der Waals surface area (Å²) in [7, 11) is 0. The number of hydrogen-bond donors (Lipinski definition) is 1. The van der Waals surface area contributed by atoms with Crippen molar-refractivity contribution in [1.82, 2.24) is 0 Å². The summed E-state index contributed by atoms with van der Waals surface area (Å²) in [5.74, 6) is -0.245. The van der Waals surface area contributed by atoms with E-state index in [0.717, 1.165) is 25.7 Å². The van der Waals surface area contributed by atoms with Crippen molar-refractivity contribution in [3.05, 3.63) is 0 Å². The van der Waals surface area contributed by atoms with Gasteiger partial charge < -0.3 is 5.11 Å². The average molecular weight is 279 g/mol. The molecular weight excluding hydrogens is 263 g/mol. The van der Waals surface area contributed by atoms with Gasteiger partial charge in [-0.15, -0.1) is 0 Å². The molecule has 0 aromatic rings. The second kappa shape index (κ2) is 4.77. The van der Waals surface area contributed by atoms with Crippen LogP contribution in [0.4, 0.5) is 0 Å². The quantitative estimate of drug-likeness (QED) is 0.621. The van der Waals surface area contributed by atoms with Crippen LogP contribution in [0.5, 0.6) is 0 Å². The van der Waals surface area contributed by atoms with Gasteiger partial charge in [-0.3, -0.25) is 9.59 Å². The molecule has 0 spiro atoms. The number of carbonyl (C=O) groups excluding carboxylic acids is 1. The molecule has 3 nitrogen and oxygen atoms in total. The van der Waals surface area contributed by atoms with Gasteiger partial charge in [0.2, 0.25) is 0 Å². The van der Waals surface area contributed by atoms with Crippen molar-refractivity contribution >= 4 is 35.0 Å². The number of Topliss-reactive ketones (excluding diaryl/α,β-unsaturated/α-hetero) is 1. The van der Waals surface area contributed by atoms with E-state index >= 15 is 0 Å². The first kappa shape index (κ1) is 13.2. The molecule has 2 aliphatic rings. The fraction of sp³-hybridized carbons (Fsp3) is 0.833. The largest absolute Gasteiger partial charge is 0.481 e. The van der Waals surface area contributed by atoms with E-state index in [4.69, 9.17) is 28.3 Å². The molecule has 2 aliphatic carbocycles. The van der Waals surface area contributed by atoms with Gasteiger partial charge in [-0.1, -0.05) is 29.6 Å². The lowest BCUT2D eigenvalue weighted by Crippen LogP contribution is -2.55. The van der Waals surface area contributed by atoms with Gasteiger partial charge >= 0.3 is 5.97 Å². The van der Waals surface area contributed by atoms with E-state index in [0.29, 0.717) is 12.3 Å². The number of carbonyl (C=O) groups is 2. The van der Waals surface area contributed by atoms with E-state index in [1.54, 1.807) is 0 Å². The zero-order valence-electron chi connectivity index (χ0n) is 9.49. The first-order valence-electron chi connectivity index (χ1n) is 6.08. The lowest BCUT2D eigenvalue weighted by atomic mass is 9.69. The minimum Gasteiger partial charge on any atom is -0.481 e. The molecule has 17 heavy (non-hydrogen) atoms.